The molecule has 1 aromatic heterocycles. The summed E-state index contributed by atoms with van der Waals surface area (Å²) in [5, 5.41) is 11.0. The number of hydrogen-bond donors (Lipinski definition) is 1. The Morgan fingerprint density at radius 1 is 1.55 bits per heavy atom. The summed E-state index contributed by atoms with van der Waals surface area (Å²) in [6.45, 7) is 7.89. The van der Waals surface area contributed by atoms with Crippen LogP contribution in [0.2, 0.25) is 0 Å². The number of anilines is 1. The summed E-state index contributed by atoms with van der Waals surface area (Å²) in [4.78, 5) is 12.2. The minimum Gasteiger partial charge on any atom is -0.325 e. The smallest absolute Gasteiger partial charge is 0.237 e. The number of carbonyl (C=O) groups is 1. The molecular weight excluding hydrogens is 303 g/mol. The van der Waals surface area contributed by atoms with Crippen molar-refractivity contribution in [3.8, 4) is 0 Å². The Kier molecular flexibility index (Phi) is 5.32. The van der Waals surface area contributed by atoms with Crippen LogP contribution in [0.1, 0.15) is 12.7 Å². The summed E-state index contributed by atoms with van der Waals surface area (Å²) >= 11 is 1.30. The number of halogens is 1. The van der Waals surface area contributed by atoms with Gasteiger partial charge in [-0.2, -0.15) is 0 Å². The average molecular weight is 320 g/mol. The molecule has 0 radical (unpaired) electrons. The van der Waals surface area contributed by atoms with Crippen molar-refractivity contribution in [2.75, 3.05) is 5.32 Å². The summed E-state index contributed by atoms with van der Waals surface area (Å²) in [5.41, 5.74) is 0.432. The maximum Gasteiger partial charge on any atom is 0.237 e. The van der Waals surface area contributed by atoms with E-state index in [4.69, 9.17) is 0 Å². The lowest BCUT2D eigenvalue weighted by Crippen LogP contribution is -2.23. The highest BCUT2D eigenvalue weighted by Gasteiger charge is 2.19. The van der Waals surface area contributed by atoms with Crippen LogP contribution < -0.4 is 5.32 Å². The second-order valence-electron chi connectivity index (χ2n) is 4.69. The molecule has 0 spiro atoms. The number of benzene rings is 1. The summed E-state index contributed by atoms with van der Waals surface area (Å²) < 4.78 is 15.0. The van der Waals surface area contributed by atoms with E-state index in [1.54, 1.807) is 25.1 Å². The normalized spacial score (nSPS) is 12.0. The first-order chi connectivity index (χ1) is 10.5. The molecule has 2 aromatic rings. The first kappa shape index (κ1) is 16.2. The van der Waals surface area contributed by atoms with Crippen LogP contribution in [0, 0.1) is 12.7 Å². The highest BCUT2D eigenvalue weighted by atomic mass is 32.2. The summed E-state index contributed by atoms with van der Waals surface area (Å²) in [7, 11) is 0. The molecule has 0 fully saturated rings. The SMILES string of the molecule is C=CCn1c(C)nnc1SC(C)C(=O)Nc1cccc(F)c1. The van der Waals surface area contributed by atoms with Crippen molar-refractivity contribution in [3.63, 3.8) is 0 Å². The third-order valence-electron chi connectivity index (χ3n) is 2.96. The van der Waals surface area contributed by atoms with Crippen molar-refractivity contribution in [2.24, 2.45) is 0 Å². The van der Waals surface area contributed by atoms with E-state index < -0.39 is 5.25 Å². The summed E-state index contributed by atoms with van der Waals surface area (Å²) in [6.07, 6.45) is 1.75. The topological polar surface area (TPSA) is 59.8 Å². The molecule has 0 saturated heterocycles. The maximum atomic E-state index is 13.1. The molecular formula is C15H17FN4OS. The van der Waals surface area contributed by atoms with Crippen molar-refractivity contribution >= 4 is 23.4 Å². The number of carbonyl (C=O) groups excluding carboxylic acids is 1. The van der Waals surface area contributed by atoms with Crippen molar-refractivity contribution in [1.29, 1.82) is 0 Å². The predicted molar refractivity (Wildman–Crippen MR) is 85.3 cm³/mol. The molecule has 22 heavy (non-hydrogen) atoms. The molecule has 2 rings (SSSR count). The molecule has 1 atom stereocenters. The second kappa shape index (κ2) is 7.22. The Bertz CT molecular complexity index is 686. The monoisotopic (exact) mass is 320 g/mol. The van der Waals surface area contributed by atoms with E-state index in [1.807, 2.05) is 11.5 Å². The van der Waals surface area contributed by atoms with Crippen molar-refractivity contribution in [1.82, 2.24) is 14.8 Å². The zero-order valence-corrected chi connectivity index (χ0v) is 13.2. The van der Waals surface area contributed by atoms with E-state index >= 15 is 0 Å². The summed E-state index contributed by atoms with van der Waals surface area (Å²) in [6, 6.07) is 5.80. The first-order valence-electron chi connectivity index (χ1n) is 6.75. The van der Waals surface area contributed by atoms with Crippen molar-refractivity contribution in [3.05, 3.63) is 48.6 Å². The lowest BCUT2D eigenvalue weighted by atomic mass is 10.3. The van der Waals surface area contributed by atoms with Crippen LogP contribution in [0.15, 0.2) is 42.1 Å². The molecule has 116 valence electrons. The highest BCUT2D eigenvalue weighted by Crippen LogP contribution is 2.23. The van der Waals surface area contributed by atoms with Crippen LogP contribution in [0.5, 0.6) is 0 Å². The van der Waals surface area contributed by atoms with Crippen molar-refractivity contribution in [2.45, 2.75) is 30.8 Å². The van der Waals surface area contributed by atoms with Crippen LogP contribution in [0.4, 0.5) is 10.1 Å². The molecule has 0 aliphatic heterocycles. The molecule has 0 aliphatic carbocycles. The molecule has 0 aliphatic rings. The number of nitrogens with one attached hydrogen (secondary N) is 1. The van der Waals surface area contributed by atoms with Gasteiger partial charge in [0.25, 0.3) is 0 Å². The third-order valence-corrected chi connectivity index (χ3v) is 4.04. The standard InChI is InChI=1S/C15H17FN4OS/c1-4-8-20-11(3)18-19-15(20)22-10(2)14(21)17-13-7-5-6-12(16)9-13/h4-7,9-10H,1,8H2,2-3H3,(H,17,21). The molecule has 1 N–H and O–H groups in total. The van der Waals surface area contributed by atoms with Crippen LogP contribution in [0.25, 0.3) is 0 Å². The number of allylic oxidation sites excluding steroid dienone is 1. The minimum absolute atomic E-state index is 0.221. The van der Waals surface area contributed by atoms with Gasteiger partial charge >= 0.3 is 0 Å². The van der Waals surface area contributed by atoms with Gasteiger partial charge in [-0.05, 0) is 32.0 Å². The Morgan fingerprint density at radius 2 is 2.32 bits per heavy atom. The van der Waals surface area contributed by atoms with Crippen LogP contribution in [-0.2, 0) is 11.3 Å². The number of aryl methyl sites for hydroxylation is 1. The second-order valence-corrected chi connectivity index (χ2v) is 6.00. The molecule has 1 aromatic carbocycles. The van der Waals surface area contributed by atoms with E-state index in [1.165, 1.54) is 23.9 Å². The zero-order valence-electron chi connectivity index (χ0n) is 12.4. The van der Waals surface area contributed by atoms with E-state index in [0.29, 0.717) is 17.4 Å². The van der Waals surface area contributed by atoms with Gasteiger partial charge in [0.1, 0.15) is 11.6 Å². The predicted octanol–water partition coefficient (Wildman–Crippen LogP) is 3.03. The molecule has 7 heteroatoms. The number of amides is 1. The zero-order chi connectivity index (χ0) is 16.1. The van der Waals surface area contributed by atoms with E-state index in [2.05, 4.69) is 22.1 Å². The third kappa shape index (κ3) is 3.94. The molecule has 1 unspecified atom stereocenters. The average Bonchev–Trinajstić information content (AvgIpc) is 2.80. The Balaban J connectivity index is 2.04. The van der Waals surface area contributed by atoms with Gasteiger partial charge in [0.2, 0.25) is 5.91 Å². The van der Waals surface area contributed by atoms with Crippen LogP contribution in [0.3, 0.4) is 0 Å². The van der Waals surface area contributed by atoms with Gasteiger partial charge in [-0.3, -0.25) is 4.79 Å². The number of hydrogen-bond acceptors (Lipinski definition) is 4. The van der Waals surface area contributed by atoms with Crippen molar-refractivity contribution < 1.29 is 9.18 Å². The van der Waals surface area contributed by atoms with E-state index in [-0.39, 0.29) is 11.7 Å². The van der Waals surface area contributed by atoms with Gasteiger partial charge in [0.15, 0.2) is 5.16 Å². The molecule has 0 saturated carbocycles. The van der Waals surface area contributed by atoms with Gasteiger partial charge in [-0.25, -0.2) is 4.39 Å². The number of aromatic nitrogens is 3. The van der Waals surface area contributed by atoms with Gasteiger partial charge in [-0.1, -0.05) is 23.9 Å². The van der Waals surface area contributed by atoms with Gasteiger partial charge in [0, 0.05) is 12.2 Å². The first-order valence-corrected chi connectivity index (χ1v) is 7.63. The number of thioether (sulfide) groups is 1. The summed E-state index contributed by atoms with van der Waals surface area (Å²) in [5.74, 6) is 0.154. The lowest BCUT2D eigenvalue weighted by Gasteiger charge is -2.12. The largest absolute Gasteiger partial charge is 0.325 e. The Labute approximate surface area is 132 Å². The van der Waals surface area contributed by atoms with E-state index in [9.17, 15) is 9.18 Å². The fraction of sp³-hybridized carbons (Fsp3) is 0.267. The fourth-order valence-corrected chi connectivity index (χ4v) is 2.71. The van der Waals surface area contributed by atoms with Crippen LogP contribution >= 0.6 is 11.8 Å². The number of rotatable bonds is 6. The fourth-order valence-electron chi connectivity index (χ4n) is 1.81. The van der Waals surface area contributed by atoms with Gasteiger partial charge in [-0.15, -0.1) is 16.8 Å². The number of nitrogens with zero attached hydrogens (tertiary/aromatic N) is 3. The lowest BCUT2D eigenvalue weighted by molar-refractivity contribution is -0.115. The molecule has 1 heterocycles. The molecule has 5 nitrogen and oxygen atoms in total. The Hall–Kier alpha value is -2.15. The quantitative estimate of drug-likeness (QED) is 0.656. The Morgan fingerprint density at radius 3 is 3.00 bits per heavy atom. The highest BCUT2D eigenvalue weighted by molar-refractivity contribution is 8.00. The van der Waals surface area contributed by atoms with E-state index in [0.717, 1.165) is 5.82 Å². The van der Waals surface area contributed by atoms with Gasteiger partial charge < -0.3 is 9.88 Å². The maximum absolute atomic E-state index is 13.1. The minimum atomic E-state index is -0.393. The van der Waals surface area contributed by atoms with Crippen LogP contribution in [-0.4, -0.2) is 25.9 Å². The molecule has 1 amide bonds. The molecule has 0 bridgehead atoms. The van der Waals surface area contributed by atoms with Gasteiger partial charge in [0.05, 0.1) is 5.25 Å².